The molecule has 0 N–H and O–H groups in total. The van der Waals surface area contributed by atoms with Crippen LogP contribution in [0.2, 0.25) is 0 Å². The summed E-state index contributed by atoms with van der Waals surface area (Å²) < 4.78 is 0. The standard InChI is InChI=1S/C8H6OS/c1-7(9)4-5-8-3-2-6-10-8/h1-6H/b5-4+. The van der Waals surface area contributed by atoms with Gasteiger partial charge in [-0.25, -0.2) is 0 Å². The molecule has 0 unspecified atom stereocenters. The highest BCUT2D eigenvalue weighted by molar-refractivity contribution is 7.10. The molecule has 0 atom stereocenters. The first-order chi connectivity index (χ1) is 4.79. The van der Waals surface area contributed by atoms with E-state index in [2.05, 4.69) is 0 Å². The molecule has 0 saturated heterocycles. The zero-order valence-corrected chi connectivity index (χ0v) is 6.10. The quantitative estimate of drug-likeness (QED) is 0.589. The summed E-state index contributed by atoms with van der Waals surface area (Å²) in [5.74, 6) is -0.409. The third kappa shape index (κ3) is 2.15. The normalized spacial score (nSPS) is 10.5. The van der Waals surface area contributed by atoms with Crippen LogP contribution in [0.4, 0.5) is 0 Å². The first kappa shape index (κ1) is 7.22. The maximum atomic E-state index is 10.2. The molecule has 0 saturated carbocycles. The SMILES string of the molecule is [CH]C(=O)/C=C/c1cccs1. The molecule has 0 aliphatic heterocycles. The first-order valence-corrected chi connectivity index (χ1v) is 3.68. The van der Waals surface area contributed by atoms with Gasteiger partial charge in [0, 0.05) is 11.8 Å². The van der Waals surface area contributed by atoms with Gasteiger partial charge in [0.15, 0.2) is 5.78 Å². The van der Waals surface area contributed by atoms with Crippen LogP contribution in [0.3, 0.4) is 0 Å². The Balaban J connectivity index is 2.64. The molecule has 0 spiro atoms. The summed E-state index contributed by atoms with van der Waals surface area (Å²) in [6.07, 6.45) is 3.05. The molecule has 1 heterocycles. The fraction of sp³-hybridized carbons (Fsp3) is 0. The lowest BCUT2D eigenvalue weighted by Gasteiger charge is -1.78. The molecule has 0 aromatic carbocycles. The van der Waals surface area contributed by atoms with Crippen LogP contribution in [0, 0.1) is 6.92 Å². The lowest BCUT2D eigenvalue weighted by atomic mass is 10.3. The van der Waals surface area contributed by atoms with Crippen LogP contribution in [-0.4, -0.2) is 5.78 Å². The molecular formula is C8H6OS. The molecule has 1 aromatic heterocycles. The van der Waals surface area contributed by atoms with Gasteiger partial charge in [-0.2, -0.15) is 0 Å². The summed E-state index contributed by atoms with van der Waals surface area (Å²) in [5.41, 5.74) is 0. The van der Waals surface area contributed by atoms with Crippen molar-refractivity contribution in [1.82, 2.24) is 0 Å². The van der Waals surface area contributed by atoms with Crippen LogP contribution in [0.1, 0.15) is 4.88 Å². The molecule has 2 heteroatoms. The van der Waals surface area contributed by atoms with Crippen molar-refractivity contribution in [1.29, 1.82) is 0 Å². The van der Waals surface area contributed by atoms with E-state index in [0.29, 0.717) is 0 Å². The van der Waals surface area contributed by atoms with Crippen LogP contribution >= 0.6 is 11.3 Å². The van der Waals surface area contributed by atoms with Crippen LogP contribution in [0.5, 0.6) is 0 Å². The van der Waals surface area contributed by atoms with Crippen molar-refractivity contribution in [3.05, 3.63) is 35.4 Å². The van der Waals surface area contributed by atoms with E-state index in [-0.39, 0.29) is 0 Å². The lowest BCUT2D eigenvalue weighted by molar-refractivity contribution is -0.110. The Morgan fingerprint density at radius 2 is 2.50 bits per heavy atom. The second-order valence-electron chi connectivity index (χ2n) is 1.75. The highest BCUT2D eigenvalue weighted by Gasteiger charge is 1.86. The minimum Gasteiger partial charge on any atom is -0.294 e. The number of carbonyl (C=O) groups is 1. The van der Waals surface area contributed by atoms with Gasteiger partial charge >= 0.3 is 0 Å². The zero-order chi connectivity index (χ0) is 7.40. The minimum atomic E-state index is -0.409. The van der Waals surface area contributed by atoms with E-state index < -0.39 is 5.78 Å². The van der Waals surface area contributed by atoms with Gasteiger partial charge in [0.1, 0.15) is 0 Å². The third-order valence-electron chi connectivity index (χ3n) is 0.955. The molecule has 0 amide bonds. The molecule has 1 nitrogen and oxygen atoms in total. The van der Waals surface area contributed by atoms with Crippen LogP contribution < -0.4 is 0 Å². The average molecular weight is 150 g/mol. The van der Waals surface area contributed by atoms with Gasteiger partial charge in [-0.15, -0.1) is 11.3 Å². The molecule has 0 fully saturated rings. The zero-order valence-electron chi connectivity index (χ0n) is 5.28. The maximum absolute atomic E-state index is 10.2. The number of carbonyl (C=O) groups excluding carboxylic acids is 1. The molecule has 1 rings (SSSR count). The number of hydrogen-bond donors (Lipinski definition) is 0. The number of rotatable bonds is 2. The topological polar surface area (TPSA) is 17.1 Å². The Morgan fingerprint density at radius 1 is 1.70 bits per heavy atom. The van der Waals surface area contributed by atoms with Gasteiger partial charge in [-0.3, -0.25) is 4.79 Å². The molecule has 0 bridgehead atoms. The average Bonchev–Trinajstić information content (AvgIpc) is 2.34. The van der Waals surface area contributed by atoms with E-state index in [1.165, 1.54) is 6.08 Å². The van der Waals surface area contributed by atoms with Crippen molar-refractivity contribution in [3.63, 3.8) is 0 Å². The van der Waals surface area contributed by atoms with Gasteiger partial charge in [0.25, 0.3) is 0 Å². The van der Waals surface area contributed by atoms with E-state index in [4.69, 9.17) is 6.92 Å². The predicted octanol–water partition coefficient (Wildman–Crippen LogP) is 2.04. The largest absolute Gasteiger partial charge is 0.294 e. The Bertz CT molecular complexity index is 234. The van der Waals surface area contributed by atoms with Crippen molar-refractivity contribution < 1.29 is 4.79 Å². The van der Waals surface area contributed by atoms with E-state index in [0.717, 1.165) is 4.88 Å². The van der Waals surface area contributed by atoms with Crippen molar-refractivity contribution in [2.75, 3.05) is 0 Å². The van der Waals surface area contributed by atoms with Crippen molar-refractivity contribution in [3.8, 4) is 0 Å². The molecule has 10 heavy (non-hydrogen) atoms. The van der Waals surface area contributed by atoms with E-state index in [1.807, 2.05) is 17.5 Å². The van der Waals surface area contributed by atoms with Crippen LogP contribution in [0.15, 0.2) is 23.6 Å². The first-order valence-electron chi connectivity index (χ1n) is 2.80. The van der Waals surface area contributed by atoms with Gasteiger partial charge in [0.05, 0.1) is 0 Å². The molecule has 1 aromatic rings. The number of ketones is 1. The van der Waals surface area contributed by atoms with E-state index >= 15 is 0 Å². The molecule has 50 valence electrons. The Morgan fingerprint density at radius 3 is 3.00 bits per heavy atom. The number of thiophene rings is 1. The summed E-state index contributed by atoms with van der Waals surface area (Å²) in [6, 6.07) is 3.84. The third-order valence-corrected chi connectivity index (χ3v) is 1.79. The summed E-state index contributed by atoms with van der Waals surface area (Å²) in [7, 11) is 0. The van der Waals surface area contributed by atoms with Crippen LogP contribution in [-0.2, 0) is 4.79 Å². The number of allylic oxidation sites excluding steroid dienone is 1. The summed E-state index contributed by atoms with van der Waals surface area (Å²) >= 11 is 1.57. The minimum absolute atomic E-state index is 0.409. The molecule has 0 aliphatic rings. The van der Waals surface area contributed by atoms with Gasteiger partial charge in [-0.1, -0.05) is 6.07 Å². The Kier molecular flexibility index (Phi) is 2.40. The van der Waals surface area contributed by atoms with Crippen LogP contribution in [0.25, 0.3) is 6.08 Å². The fourth-order valence-corrected chi connectivity index (χ4v) is 1.17. The van der Waals surface area contributed by atoms with E-state index in [9.17, 15) is 4.79 Å². The summed E-state index contributed by atoms with van der Waals surface area (Å²) in [5, 5.41) is 1.95. The summed E-state index contributed by atoms with van der Waals surface area (Å²) in [4.78, 5) is 11.3. The predicted molar refractivity (Wildman–Crippen MR) is 42.7 cm³/mol. The Hall–Kier alpha value is -0.890. The summed E-state index contributed by atoms with van der Waals surface area (Å²) in [6.45, 7) is 4.89. The van der Waals surface area contributed by atoms with Gasteiger partial charge in [-0.05, 0) is 23.6 Å². The second-order valence-corrected chi connectivity index (χ2v) is 2.73. The van der Waals surface area contributed by atoms with Gasteiger partial charge in [0.2, 0.25) is 0 Å². The maximum Gasteiger partial charge on any atom is 0.160 e. The van der Waals surface area contributed by atoms with Gasteiger partial charge < -0.3 is 0 Å². The second kappa shape index (κ2) is 3.32. The van der Waals surface area contributed by atoms with Crippen molar-refractivity contribution in [2.24, 2.45) is 0 Å². The monoisotopic (exact) mass is 150 g/mol. The molecule has 0 aliphatic carbocycles. The van der Waals surface area contributed by atoms with E-state index in [1.54, 1.807) is 17.4 Å². The molecular weight excluding hydrogens is 144 g/mol. The number of hydrogen-bond acceptors (Lipinski definition) is 2. The fourth-order valence-electron chi connectivity index (χ4n) is 0.550. The highest BCUT2D eigenvalue weighted by Crippen LogP contribution is 2.09. The molecule has 2 radical (unpaired) electrons. The highest BCUT2D eigenvalue weighted by atomic mass is 32.1. The Labute approximate surface area is 64.0 Å². The van der Waals surface area contributed by atoms with Crippen molar-refractivity contribution >= 4 is 23.2 Å². The van der Waals surface area contributed by atoms with Crippen molar-refractivity contribution in [2.45, 2.75) is 0 Å². The smallest absolute Gasteiger partial charge is 0.160 e. The lowest BCUT2D eigenvalue weighted by Crippen LogP contribution is -1.78.